The predicted octanol–water partition coefficient (Wildman–Crippen LogP) is 4.73. The highest BCUT2D eigenvalue weighted by Gasteiger charge is 2.19. The molecule has 0 bridgehead atoms. The van der Waals surface area contributed by atoms with Gasteiger partial charge in [-0.2, -0.15) is 0 Å². The van der Waals surface area contributed by atoms with Gasteiger partial charge in [0, 0.05) is 34.8 Å². The molecule has 0 atom stereocenters. The van der Waals surface area contributed by atoms with Gasteiger partial charge in [-0.05, 0) is 36.6 Å². The maximum atomic E-state index is 12.8. The van der Waals surface area contributed by atoms with Crippen molar-refractivity contribution >= 4 is 44.9 Å². The van der Waals surface area contributed by atoms with Gasteiger partial charge in [0.15, 0.2) is 5.76 Å². The Morgan fingerprint density at radius 3 is 2.31 bits per heavy atom. The average molecular weight is 388 g/mol. The first kappa shape index (κ1) is 18.7. The van der Waals surface area contributed by atoms with Gasteiger partial charge in [0.1, 0.15) is 12.2 Å². The maximum absolute atomic E-state index is 12.8. The molecule has 4 rings (SSSR count). The van der Waals surface area contributed by atoms with Crippen molar-refractivity contribution in [3.63, 3.8) is 0 Å². The van der Waals surface area contributed by atoms with Crippen molar-refractivity contribution in [2.45, 2.75) is 6.92 Å². The van der Waals surface area contributed by atoms with E-state index < -0.39 is 0 Å². The predicted molar refractivity (Wildman–Crippen MR) is 113 cm³/mol. The summed E-state index contributed by atoms with van der Waals surface area (Å²) in [6.07, 6.45) is 0. The second-order valence-corrected chi connectivity index (χ2v) is 6.73. The third-order valence-corrected chi connectivity index (χ3v) is 4.74. The summed E-state index contributed by atoms with van der Waals surface area (Å²) in [5.74, 6) is -0.276. The summed E-state index contributed by atoms with van der Waals surface area (Å²) in [4.78, 5) is 24.4. The molecule has 1 heterocycles. The van der Waals surface area contributed by atoms with Gasteiger partial charge in [0.05, 0.1) is 0 Å². The molecule has 0 saturated heterocycles. The molecule has 0 radical (unpaired) electrons. The highest BCUT2D eigenvalue weighted by Crippen LogP contribution is 2.32. The molecule has 2 N–H and O–H groups in total. The molecule has 6 nitrogen and oxygen atoms in total. The number of anilines is 2. The van der Waals surface area contributed by atoms with Crippen LogP contribution in [-0.4, -0.2) is 25.5 Å². The lowest BCUT2D eigenvalue weighted by molar-refractivity contribution is -0.119. The zero-order valence-electron chi connectivity index (χ0n) is 16.1. The third kappa shape index (κ3) is 3.70. The van der Waals surface area contributed by atoms with E-state index >= 15 is 0 Å². The van der Waals surface area contributed by atoms with E-state index in [-0.39, 0.29) is 24.2 Å². The van der Waals surface area contributed by atoms with Gasteiger partial charge < -0.3 is 19.8 Å². The summed E-state index contributed by atoms with van der Waals surface area (Å²) >= 11 is 0. The summed E-state index contributed by atoms with van der Waals surface area (Å²) < 4.78 is 10.8. The van der Waals surface area contributed by atoms with Crippen molar-refractivity contribution < 1.29 is 18.7 Å². The SMILES string of the molecule is COCC(=O)Nc1ccc(NC(=O)c2oc3c(ccc4ccccc43)c2C)cc1. The number of rotatable bonds is 5. The Labute approximate surface area is 167 Å². The molecule has 29 heavy (non-hydrogen) atoms. The van der Waals surface area contributed by atoms with Crippen molar-refractivity contribution in [2.75, 3.05) is 24.4 Å². The highest BCUT2D eigenvalue weighted by atomic mass is 16.5. The largest absolute Gasteiger partial charge is 0.450 e. The van der Waals surface area contributed by atoms with Gasteiger partial charge >= 0.3 is 0 Å². The van der Waals surface area contributed by atoms with E-state index in [9.17, 15) is 9.59 Å². The molecule has 0 unspecified atom stereocenters. The van der Waals surface area contributed by atoms with Gasteiger partial charge in [-0.1, -0.05) is 36.4 Å². The summed E-state index contributed by atoms with van der Waals surface area (Å²) in [5, 5.41) is 8.51. The number of hydrogen-bond acceptors (Lipinski definition) is 4. The smallest absolute Gasteiger partial charge is 0.291 e. The number of aryl methyl sites for hydroxylation is 1. The maximum Gasteiger partial charge on any atom is 0.291 e. The minimum atomic E-state index is -0.320. The van der Waals surface area contributed by atoms with E-state index in [1.807, 2.05) is 43.3 Å². The number of carbonyl (C=O) groups excluding carboxylic acids is 2. The van der Waals surface area contributed by atoms with Crippen molar-refractivity contribution in [1.29, 1.82) is 0 Å². The molecule has 0 aliphatic carbocycles. The van der Waals surface area contributed by atoms with E-state index in [0.29, 0.717) is 17.0 Å². The highest BCUT2D eigenvalue weighted by molar-refractivity contribution is 6.11. The van der Waals surface area contributed by atoms with Crippen LogP contribution in [0.1, 0.15) is 16.1 Å². The van der Waals surface area contributed by atoms with Crippen molar-refractivity contribution in [1.82, 2.24) is 0 Å². The van der Waals surface area contributed by atoms with Crippen LogP contribution in [0.4, 0.5) is 11.4 Å². The second-order valence-electron chi connectivity index (χ2n) is 6.73. The Hall–Kier alpha value is -3.64. The van der Waals surface area contributed by atoms with Crippen LogP contribution in [0.2, 0.25) is 0 Å². The standard InChI is InChI=1S/C23H20N2O4/c1-14-18-12-7-15-5-3-4-6-19(15)22(18)29-21(14)23(27)25-17-10-8-16(9-11-17)24-20(26)13-28-2/h3-12H,13H2,1-2H3,(H,24,26)(H,25,27). The fourth-order valence-corrected chi connectivity index (χ4v) is 3.32. The van der Waals surface area contributed by atoms with Crippen LogP contribution in [0.3, 0.4) is 0 Å². The number of ether oxygens (including phenoxy) is 1. The molecule has 146 valence electrons. The van der Waals surface area contributed by atoms with E-state index in [4.69, 9.17) is 9.15 Å². The van der Waals surface area contributed by atoms with Gasteiger partial charge in [-0.25, -0.2) is 0 Å². The van der Waals surface area contributed by atoms with Crippen molar-refractivity contribution in [3.8, 4) is 0 Å². The van der Waals surface area contributed by atoms with Crippen LogP contribution < -0.4 is 10.6 Å². The van der Waals surface area contributed by atoms with Crippen LogP contribution in [0, 0.1) is 6.92 Å². The number of carbonyl (C=O) groups is 2. The second kappa shape index (κ2) is 7.77. The normalized spacial score (nSPS) is 11.0. The first-order valence-corrected chi connectivity index (χ1v) is 9.18. The Morgan fingerprint density at radius 1 is 0.897 bits per heavy atom. The van der Waals surface area contributed by atoms with E-state index in [2.05, 4.69) is 10.6 Å². The fraction of sp³-hybridized carbons (Fsp3) is 0.130. The third-order valence-electron chi connectivity index (χ3n) is 4.74. The monoisotopic (exact) mass is 388 g/mol. The first-order chi connectivity index (χ1) is 14.1. The van der Waals surface area contributed by atoms with Gasteiger partial charge in [-0.3, -0.25) is 9.59 Å². The molecule has 2 amide bonds. The van der Waals surface area contributed by atoms with Crippen LogP contribution in [-0.2, 0) is 9.53 Å². The number of nitrogens with one attached hydrogen (secondary N) is 2. The lowest BCUT2D eigenvalue weighted by Crippen LogP contribution is -2.17. The van der Waals surface area contributed by atoms with E-state index in [1.165, 1.54) is 7.11 Å². The Morgan fingerprint density at radius 2 is 1.59 bits per heavy atom. The lowest BCUT2D eigenvalue weighted by Gasteiger charge is -2.07. The molecule has 0 spiro atoms. The van der Waals surface area contributed by atoms with Crippen LogP contribution >= 0.6 is 0 Å². The quantitative estimate of drug-likeness (QED) is 0.518. The molecule has 3 aromatic carbocycles. The Kier molecular flexibility index (Phi) is 5.01. The number of amides is 2. The number of methoxy groups -OCH3 is 1. The molecular weight excluding hydrogens is 368 g/mol. The topological polar surface area (TPSA) is 80.6 Å². The Bertz CT molecular complexity index is 1210. The van der Waals surface area contributed by atoms with E-state index in [0.717, 1.165) is 21.7 Å². The Balaban J connectivity index is 1.57. The molecule has 1 aromatic heterocycles. The average Bonchev–Trinajstić information content (AvgIpc) is 3.07. The lowest BCUT2D eigenvalue weighted by atomic mass is 10.1. The van der Waals surface area contributed by atoms with E-state index in [1.54, 1.807) is 24.3 Å². The van der Waals surface area contributed by atoms with Crippen LogP contribution in [0.25, 0.3) is 21.7 Å². The van der Waals surface area contributed by atoms with Gasteiger partial charge in [0.2, 0.25) is 5.91 Å². The summed E-state index contributed by atoms with van der Waals surface area (Å²) in [6, 6.07) is 18.8. The van der Waals surface area contributed by atoms with Crippen LogP contribution in [0.5, 0.6) is 0 Å². The zero-order chi connectivity index (χ0) is 20.4. The molecule has 0 aliphatic heterocycles. The molecule has 0 saturated carbocycles. The molecule has 0 aliphatic rings. The minimum absolute atomic E-state index is 0.0154. The summed E-state index contributed by atoms with van der Waals surface area (Å²) in [5.41, 5.74) is 2.73. The van der Waals surface area contributed by atoms with Crippen LogP contribution in [0.15, 0.2) is 65.1 Å². The molecule has 0 fully saturated rings. The van der Waals surface area contributed by atoms with Crippen molar-refractivity contribution in [2.24, 2.45) is 0 Å². The summed E-state index contributed by atoms with van der Waals surface area (Å²) in [6.45, 7) is 1.86. The fourth-order valence-electron chi connectivity index (χ4n) is 3.32. The minimum Gasteiger partial charge on any atom is -0.450 e. The zero-order valence-corrected chi connectivity index (χ0v) is 16.1. The van der Waals surface area contributed by atoms with Gasteiger partial charge in [0.25, 0.3) is 5.91 Å². The number of furan rings is 1. The van der Waals surface area contributed by atoms with Gasteiger partial charge in [-0.15, -0.1) is 0 Å². The van der Waals surface area contributed by atoms with Crippen molar-refractivity contribution in [3.05, 3.63) is 72.0 Å². The number of fused-ring (bicyclic) bond motifs is 3. The molecule has 4 aromatic rings. The first-order valence-electron chi connectivity index (χ1n) is 9.18. The molecular formula is C23H20N2O4. The summed E-state index contributed by atoms with van der Waals surface area (Å²) in [7, 11) is 1.46. The number of benzene rings is 3. The number of hydrogen-bond donors (Lipinski definition) is 2. The molecule has 6 heteroatoms.